The van der Waals surface area contributed by atoms with Crippen molar-refractivity contribution < 1.29 is 66.7 Å². The second-order valence-electron chi connectivity index (χ2n) is 32.4. The number of hydrogen-bond donors (Lipinski definition) is 0. The summed E-state index contributed by atoms with van der Waals surface area (Å²) in [5, 5.41) is 0. The van der Waals surface area contributed by atoms with Crippen LogP contribution in [-0.2, 0) is 66.7 Å². The van der Waals surface area contributed by atoms with Crippen molar-refractivity contribution in [2.45, 2.75) is 340 Å². The van der Waals surface area contributed by atoms with Gasteiger partial charge < -0.3 is 33.2 Å². The lowest BCUT2D eigenvalue weighted by Crippen LogP contribution is -2.53. The van der Waals surface area contributed by atoms with Crippen LogP contribution < -0.4 is 0 Å². The molecule has 12 aliphatic carbocycles. The van der Waals surface area contributed by atoms with Gasteiger partial charge in [0, 0.05) is 0 Å². The predicted molar refractivity (Wildman–Crippen MR) is 344 cm³/mol. The molecule has 88 heavy (non-hydrogen) atoms. The molecule has 0 N–H and O–H groups in total. The van der Waals surface area contributed by atoms with Crippen LogP contribution in [0.5, 0.6) is 0 Å². The van der Waals surface area contributed by atoms with Crippen LogP contribution in [0.1, 0.15) is 310 Å². The zero-order chi connectivity index (χ0) is 64.2. The van der Waals surface area contributed by atoms with E-state index in [-0.39, 0.29) is 102 Å². The van der Waals surface area contributed by atoms with Gasteiger partial charge in [-0.3, -0.25) is 24.0 Å². The van der Waals surface area contributed by atoms with E-state index >= 15 is 0 Å². The summed E-state index contributed by atoms with van der Waals surface area (Å²) in [5.74, 6) is 4.80. The number of carbonyl (C=O) groups excluding carboxylic acids is 7. The predicted octanol–water partition coefficient (Wildman–Crippen LogP) is 17.3. The monoisotopic (exact) mass is 1240 g/mol. The van der Waals surface area contributed by atoms with Crippen LogP contribution in [0.2, 0.25) is 0 Å². The maximum absolute atomic E-state index is 12.4. The number of hydrogen-bond acceptors (Lipinski definition) is 14. The maximum Gasteiger partial charge on any atom is 0.344 e. The minimum absolute atomic E-state index is 0. The molecular formula is C74H126O14. The smallest absolute Gasteiger partial charge is 0.344 e. The molecule has 0 spiro atoms. The fourth-order valence-corrected chi connectivity index (χ4v) is 15.8. The second kappa shape index (κ2) is 32.2. The summed E-state index contributed by atoms with van der Waals surface area (Å²) < 4.78 is 38.5. The van der Waals surface area contributed by atoms with E-state index in [1.807, 2.05) is 96.9 Å². The third-order valence-electron chi connectivity index (χ3n) is 23.0. The van der Waals surface area contributed by atoms with Crippen molar-refractivity contribution in [1.82, 2.24) is 0 Å². The Bertz CT molecular complexity index is 2210. The Balaban J connectivity index is 0.000000202. The summed E-state index contributed by atoms with van der Waals surface area (Å²) >= 11 is 0. The van der Waals surface area contributed by atoms with Crippen LogP contribution in [-0.4, -0.2) is 84.5 Å². The van der Waals surface area contributed by atoms with E-state index in [0.717, 1.165) is 144 Å². The first-order valence-corrected chi connectivity index (χ1v) is 35.2. The number of carbonyl (C=O) groups is 7. The molecular weight excluding hydrogens is 1110 g/mol. The molecule has 12 fully saturated rings. The van der Waals surface area contributed by atoms with Gasteiger partial charge in [0.05, 0.1) is 27.1 Å². The minimum atomic E-state index is -0.541. The molecule has 506 valence electrons. The molecule has 14 heteroatoms. The van der Waals surface area contributed by atoms with Crippen molar-refractivity contribution in [3.63, 3.8) is 0 Å². The highest BCUT2D eigenvalue weighted by molar-refractivity contribution is 5.81. The van der Waals surface area contributed by atoms with E-state index in [1.54, 1.807) is 0 Å². The molecule has 3 unspecified atom stereocenters. The Labute approximate surface area is 533 Å². The van der Waals surface area contributed by atoms with E-state index in [2.05, 4.69) is 6.92 Å². The number of fused-ring (bicyclic) bond motifs is 2. The van der Waals surface area contributed by atoms with Crippen molar-refractivity contribution in [1.29, 1.82) is 0 Å². The van der Waals surface area contributed by atoms with Crippen LogP contribution >= 0.6 is 0 Å². The molecule has 0 aromatic heterocycles. The lowest BCUT2D eigenvalue weighted by molar-refractivity contribution is -0.196. The van der Waals surface area contributed by atoms with Crippen LogP contribution in [0.15, 0.2) is 0 Å². The Kier molecular flexibility index (Phi) is 27.5. The lowest BCUT2D eigenvalue weighted by atomic mass is 9.54. The first-order valence-electron chi connectivity index (χ1n) is 35.2. The Morgan fingerprint density at radius 1 is 0.341 bits per heavy atom. The standard InChI is InChI=1S/C18H28O4.C16H26O2.C14H24O4.C13H22O2.C12H22O2.CH4/c1-4-17(2,3)16(20)21-11-15(19)22-18-8-12-5-13(9-18)7-14(6-12)10-18;1-4-15(2,3)14(17)18-16-8-11-5-12(9-16)7-13(6-11)10-16;1-4-14(2,3)13(16)17-10-12(15)18-11-8-6-5-7-9-11;1-4-13(2,3)12(14)15-11-8-9-5-6-10(11)7-9;1-4-12(2,3)11(13)14-10-8-6-5-7-9-10;/h12-14H,4-11H2,1-3H3;11-13H,4-10H2,1-3H3;11H,4-10H2,1-3H3;9-11H,4-8H2,1-3H3;10H,4-9H2,1-3H3;1H4. The summed E-state index contributed by atoms with van der Waals surface area (Å²) in [6, 6.07) is 0. The molecule has 0 amide bonds. The molecule has 0 saturated heterocycles. The van der Waals surface area contributed by atoms with E-state index in [4.69, 9.17) is 33.2 Å². The molecule has 3 atom stereocenters. The van der Waals surface area contributed by atoms with Crippen LogP contribution in [0, 0.1) is 74.4 Å². The molecule has 0 aliphatic heterocycles. The van der Waals surface area contributed by atoms with Gasteiger partial charge in [-0.25, -0.2) is 9.59 Å². The zero-order valence-corrected chi connectivity index (χ0v) is 57.4. The number of esters is 7. The van der Waals surface area contributed by atoms with Crippen molar-refractivity contribution in [2.24, 2.45) is 74.4 Å². The first-order chi connectivity index (χ1) is 40.8. The Morgan fingerprint density at radius 2 is 0.670 bits per heavy atom. The van der Waals surface area contributed by atoms with Crippen molar-refractivity contribution >= 4 is 41.8 Å². The van der Waals surface area contributed by atoms with E-state index in [0.29, 0.717) is 18.8 Å². The summed E-state index contributed by atoms with van der Waals surface area (Å²) in [6.45, 7) is 28.7. The Hall–Kier alpha value is -3.71. The summed E-state index contributed by atoms with van der Waals surface area (Å²) in [5.41, 5.74) is -2.33. The van der Waals surface area contributed by atoms with Gasteiger partial charge in [0.1, 0.15) is 29.5 Å². The summed E-state index contributed by atoms with van der Waals surface area (Å²) in [7, 11) is 0. The van der Waals surface area contributed by atoms with Gasteiger partial charge in [-0.2, -0.15) is 0 Å². The van der Waals surface area contributed by atoms with Crippen LogP contribution in [0.3, 0.4) is 0 Å². The molecule has 0 aromatic rings. The zero-order valence-electron chi connectivity index (χ0n) is 57.4. The van der Waals surface area contributed by atoms with Crippen molar-refractivity contribution in [3.05, 3.63) is 0 Å². The quantitative estimate of drug-likeness (QED) is 0.0879. The van der Waals surface area contributed by atoms with Gasteiger partial charge in [-0.1, -0.05) is 54.9 Å². The molecule has 14 nitrogen and oxygen atoms in total. The van der Waals surface area contributed by atoms with Gasteiger partial charge in [0.15, 0.2) is 13.2 Å². The average molecular weight is 1240 g/mol. The van der Waals surface area contributed by atoms with Crippen molar-refractivity contribution in [3.8, 4) is 0 Å². The van der Waals surface area contributed by atoms with E-state index in [9.17, 15) is 33.6 Å². The van der Waals surface area contributed by atoms with Crippen LogP contribution in [0.4, 0.5) is 0 Å². The molecule has 0 aromatic carbocycles. The second-order valence-corrected chi connectivity index (χ2v) is 32.4. The number of ether oxygens (including phenoxy) is 7. The highest BCUT2D eigenvalue weighted by Gasteiger charge is 2.55. The highest BCUT2D eigenvalue weighted by Crippen LogP contribution is 2.59. The third-order valence-corrected chi connectivity index (χ3v) is 23.0. The van der Waals surface area contributed by atoms with Gasteiger partial charge in [0.25, 0.3) is 0 Å². The lowest BCUT2D eigenvalue weighted by Gasteiger charge is -2.56. The summed E-state index contributed by atoms with van der Waals surface area (Å²) in [4.78, 5) is 83.3. The van der Waals surface area contributed by atoms with E-state index in [1.165, 1.54) is 83.5 Å². The molecule has 12 aliphatic rings. The fourth-order valence-electron chi connectivity index (χ4n) is 15.8. The van der Waals surface area contributed by atoms with E-state index < -0.39 is 16.8 Å². The van der Waals surface area contributed by atoms with Gasteiger partial charge >= 0.3 is 41.8 Å². The minimum Gasteiger partial charge on any atom is -0.462 e. The fraction of sp³-hybridized carbons (Fsp3) is 0.905. The number of rotatable bonds is 19. The van der Waals surface area contributed by atoms with Gasteiger partial charge in [-0.05, 0) is 303 Å². The Morgan fingerprint density at radius 3 is 1.02 bits per heavy atom. The molecule has 12 saturated carbocycles. The normalized spacial score (nSPS) is 30.1. The topological polar surface area (TPSA) is 184 Å². The van der Waals surface area contributed by atoms with Gasteiger partial charge in [-0.15, -0.1) is 0 Å². The summed E-state index contributed by atoms with van der Waals surface area (Å²) in [6.07, 6.45) is 35.2. The third kappa shape index (κ3) is 21.2. The SMILES string of the molecule is C.CCC(C)(C)C(=O)OC12CC3CC(CC(C3)C1)C2.CCC(C)(C)C(=O)OC1CC2CCC1C2.CCC(C)(C)C(=O)OC1CCCCC1.CCC(C)(C)C(=O)OCC(=O)OC12CC3CC(CC(C3)C1)C2.CCC(C)(C)C(=O)OCC(=O)OC1CCCCC1. The molecule has 0 heterocycles. The largest absolute Gasteiger partial charge is 0.462 e. The highest BCUT2D eigenvalue weighted by atomic mass is 16.6. The van der Waals surface area contributed by atoms with Crippen molar-refractivity contribution in [2.75, 3.05) is 13.2 Å². The average Bonchev–Trinajstić information content (AvgIpc) is 1.37. The molecule has 12 rings (SSSR count). The molecule has 0 radical (unpaired) electrons. The van der Waals surface area contributed by atoms with Crippen LogP contribution in [0.25, 0.3) is 0 Å². The molecule has 10 bridgehead atoms. The first kappa shape index (κ1) is 75.0. The van der Waals surface area contributed by atoms with Gasteiger partial charge in [0.2, 0.25) is 0 Å². The maximum atomic E-state index is 12.4.